The zero-order valence-electron chi connectivity index (χ0n) is 14.1. The zero-order valence-corrected chi connectivity index (χ0v) is 15.8. The Kier molecular flexibility index (Phi) is 9.40. The van der Waals surface area contributed by atoms with Crippen LogP contribution in [0.5, 0.6) is 0 Å². The number of aromatic nitrogens is 1. The van der Waals surface area contributed by atoms with Gasteiger partial charge in [-0.3, -0.25) is 4.79 Å². The fourth-order valence-electron chi connectivity index (χ4n) is 2.18. The fourth-order valence-corrected chi connectivity index (χ4v) is 4.33. The highest BCUT2D eigenvalue weighted by molar-refractivity contribution is 7.93. The van der Waals surface area contributed by atoms with Crippen molar-refractivity contribution >= 4 is 27.1 Å². The Balaban J connectivity index is 2.20. The van der Waals surface area contributed by atoms with Gasteiger partial charge in [0.25, 0.3) is 5.91 Å². The summed E-state index contributed by atoms with van der Waals surface area (Å²) in [5, 5.41) is 2.83. The van der Waals surface area contributed by atoms with Gasteiger partial charge in [0.1, 0.15) is 4.88 Å². The van der Waals surface area contributed by atoms with Crippen molar-refractivity contribution in [3.63, 3.8) is 0 Å². The van der Waals surface area contributed by atoms with Crippen LogP contribution in [-0.4, -0.2) is 31.6 Å². The minimum absolute atomic E-state index is 0.000170. The van der Waals surface area contributed by atoms with Crippen molar-refractivity contribution in [1.82, 2.24) is 10.3 Å². The molecule has 0 unspecified atom stereocenters. The number of thiazole rings is 1. The molecule has 1 aromatic heterocycles. The smallest absolute Gasteiger partial charge is 0.263 e. The van der Waals surface area contributed by atoms with E-state index in [4.69, 9.17) is 0 Å². The van der Waals surface area contributed by atoms with Crippen LogP contribution in [0, 0.1) is 0 Å². The molecule has 0 saturated carbocycles. The van der Waals surface area contributed by atoms with E-state index in [1.54, 1.807) is 6.92 Å². The van der Waals surface area contributed by atoms with E-state index in [1.165, 1.54) is 44.7 Å². The second kappa shape index (κ2) is 10.8. The van der Waals surface area contributed by atoms with Crippen molar-refractivity contribution in [2.45, 2.75) is 69.6 Å². The van der Waals surface area contributed by atoms with Gasteiger partial charge in [-0.25, -0.2) is 13.4 Å². The molecule has 5 nitrogen and oxygen atoms in total. The minimum atomic E-state index is -3.33. The maximum atomic E-state index is 11.9. The summed E-state index contributed by atoms with van der Waals surface area (Å²) >= 11 is 0.941. The zero-order chi connectivity index (χ0) is 17.1. The van der Waals surface area contributed by atoms with Crippen molar-refractivity contribution in [2.75, 3.05) is 12.3 Å². The van der Waals surface area contributed by atoms with Gasteiger partial charge in [-0.1, -0.05) is 70.1 Å². The van der Waals surface area contributed by atoms with Gasteiger partial charge < -0.3 is 5.32 Å². The number of hydrogen-bond donors (Lipinski definition) is 1. The van der Waals surface area contributed by atoms with Gasteiger partial charge in [-0.05, 0) is 6.42 Å². The van der Waals surface area contributed by atoms with Crippen molar-refractivity contribution in [3.05, 3.63) is 11.1 Å². The summed E-state index contributed by atoms with van der Waals surface area (Å²) in [4.78, 5) is 16.1. The number of carbonyl (C=O) groups is 1. The third kappa shape index (κ3) is 7.44. The molecule has 0 aromatic carbocycles. The molecule has 1 heterocycles. The Labute approximate surface area is 143 Å². The summed E-state index contributed by atoms with van der Waals surface area (Å²) in [7, 11) is -3.33. The molecule has 1 rings (SSSR count). The van der Waals surface area contributed by atoms with E-state index < -0.39 is 9.84 Å². The van der Waals surface area contributed by atoms with Gasteiger partial charge >= 0.3 is 0 Å². The highest BCUT2D eigenvalue weighted by Gasteiger charge is 2.19. The second-order valence-corrected chi connectivity index (χ2v) is 9.11. The van der Waals surface area contributed by atoms with Gasteiger partial charge in [-0.2, -0.15) is 0 Å². The Morgan fingerprint density at radius 2 is 1.70 bits per heavy atom. The quantitative estimate of drug-likeness (QED) is 0.575. The summed E-state index contributed by atoms with van der Waals surface area (Å²) in [6, 6.07) is 0. The summed E-state index contributed by atoms with van der Waals surface area (Å²) < 4.78 is 23.4. The first kappa shape index (κ1) is 20.1. The molecule has 0 atom stereocenters. The first-order chi connectivity index (χ1) is 11.0. The summed E-state index contributed by atoms with van der Waals surface area (Å²) in [6.07, 6.45) is 11.1. The first-order valence-electron chi connectivity index (χ1n) is 8.48. The Morgan fingerprint density at radius 1 is 1.09 bits per heavy atom. The number of hydrogen-bond acceptors (Lipinski definition) is 5. The average Bonchev–Trinajstić information content (AvgIpc) is 3.04. The van der Waals surface area contributed by atoms with Crippen molar-refractivity contribution in [1.29, 1.82) is 0 Å². The molecule has 0 aliphatic heterocycles. The average molecular weight is 361 g/mol. The maximum absolute atomic E-state index is 11.9. The molecule has 1 aromatic rings. The number of amides is 1. The summed E-state index contributed by atoms with van der Waals surface area (Å²) in [5.74, 6) is -0.234. The number of nitrogens with zero attached hydrogens (tertiary/aromatic N) is 1. The van der Waals surface area contributed by atoms with Gasteiger partial charge in [0.2, 0.25) is 14.2 Å². The van der Waals surface area contributed by atoms with E-state index in [0.29, 0.717) is 11.4 Å². The molecular formula is C16H28N2O3S2. The molecule has 0 aliphatic carbocycles. The SMILES string of the molecule is CCCCCCCCCCNC(=O)c1cnc(S(=O)(=O)CC)s1. The third-order valence-electron chi connectivity index (χ3n) is 3.67. The van der Waals surface area contributed by atoms with E-state index in [0.717, 1.165) is 24.2 Å². The number of unbranched alkanes of at least 4 members (excludes halogenated alkanes) is 7. The van der Waals surface area contributed by atoms with E-state index in [-0.39, 0.29) is 16.0 Å². The van der Waals surface area contributed by atoms with Gasteiger partial charge in [0, 0.05) is 6.54 Å². The summed E-state index contributed by atoms with van der Waals surface area (Å²) in [6.45, 7) is 4.41. The molecule has 0 aliphatic rings. The highest BCUT2D eigenvalue weighted by atomic mass is 32.2. The molecule has 7 heteroatoms. The molecule has 1 N–H and O–H groups in total. The maximum Gasteiger partial charge on any atom is 0.263 e. The lowest BCUT2D eigenvalue weighted by Crippen LogP contribution is -2.23. The van der Waals surface area contributed by atoms with Crippen LogP contribution in [0.1, 0.15) is 74.9 Å². The van der Waals surface area contributed by atoms with E-state index in [1.807, 2.05) is 0 Å². The molecule has 0 fully saturated rings. The van der Waals surface area contributed by atoms with Gasteiger partial charge in [-0.15, -0.1) is 0 Å². The van der Waals surface area contributed by atoms with E-state index >= 15 is 0 Å². The van der Waals surface area contributed by atoms with E-state index in [2.05, 4.69) is 17.2 Å². The fraction of sp³-hybridized carbons (Fsp3) is 0.750. The van der Waals surface area contributed by atoms with Crippen LogP contribution >= 0.6 is 11.3 Å². The van der Waals surface area contributed by atoms with Gasteiger partial charge in [0.15, 0.2) is 0 Å². The molecule has 132 valence electrons. The molecule has 0 saturated heterocycles. The number of sulfone groups is 1. The van der Waals surface area contributed by atoms with Crippen LogP contribution in [0.3, 0.4) is 0 Å². The molecule has 0 radical (unpaired) electrons. The molecule has 0 bridgehead atoms. The molecule has 1 amide bonds. The van der Waals surface area contributed by atoms with Crippen molar-refractivity contribution in [3.8, 4) is 0 Å². The predicted molar refractivity (Wildman–Crippen MR) is 94.8 cm³/mol. The molecule has 0 spiro atoms. The van der Waals surface area contributed by atoms with Crippen LogP contribution in [0.25, 0.3) is 0 Å². The predicted octanol–water partition coefficient (Wildman–Crippen LogP) is 3.81. The number of rotatable bonds is 12. The van der Waals surface area contributed by atoms with Crippen LogP contribution in [-0.2, 0) is 9.84 Å². The normalized spacial score (nSPS) is 11.6. The van der Waals surface area contributed by atoms with Crippen LogP contribution in [0.15, 0.2) is 10.5 Å². The number of carbonyl (C=O) groups excluding carboxylic acids is 1. The van der Waals surface area contributed by atoms with Crippen molar-refractivity contribution in [2.24, 2.45) is 0 Å². The third-order valence-corrected chi connectivity index (χ3v) is 6.87. The Bertz CT molecular complexity index is 568. The van der Waals surface area contributed by atoms with E-state index in [9.17, 15) is 13.2 Å². The topological polar surface area (TPSA) is 76.1 Å². The van der Waals surface area contributed by atoms with Crippen LogP contribution in [0.4, 0.5) is 0 Å². The first-order valence-corrected chi connectivity index (χ1v) is 10.9. The monoisotopic (exact) mass is 360 g/mol. The van der Waals surface area contributed by atoms with Gasteiger partial charge in [0.05, 0.1) is 11.9 Å². The summed E-state index contributed by atoms with van der Waals surface area (Å²) in [5.41, 5.74) is 0. The lowest BCUT2D eigenvalue weighted by Gasteiger charge is -2.03. The van der Waals surface area contributed by atoms with Crippen LogP contribution < -0.4 is 5.32 Å². The number of nitrogens with one attached hydrogen (secondary N) is 1. The standard InChI is InChI=1S/C16H28N2O3S2/c1-3-5-6-7-8-9-10-11-12-17-15(19)14-13-18-16(22-14)23(20,21)4-2/h13H,3-12H2,1-2H3,(H,17,19). The Hall–Kier alpha value is -0.950. The highest BCUT2D eigenvalue weighted by Crippen LogP contribution is 2.19. The van der Waals surface area contributed by atoms with Crippen LogP contribution in [0.2, 0.25) is 0 Å². The molecule has 23 heavy (non-hydrogen) atoms. The lowest BCUT2D eigenvalue weighted by atomic mass is 10.1. The molecular weight excluding hydrogens is 332 g/mol. The minimum Gasteiger partial charge on any atom is -0.351 e. The Morgan fingerprint density at radius 3 is 2.30 bits per heavy atom. The van der Waals surface area contributed by atoms with Crippen molar-refractivity contribution < 1.29 is 13.2 Å². The second-order valence-electron chi connectivity index (χ2n) is 5.62. The lowest BCUT2D eigenvalue weighted by molar-refractivity contribution is 0.0956. The largest absolute Gasteiger partial charge is 0.351 e.